The van der Waals surface area contributed by atoms with E-state index in [0.29, 0.717) is 0 Å². The summed E-state index contributed by atoms with van der Waals surface area (Å²) in [6, 6.07) is 0. The van der Waals surface area contributed by atoms with E-state index in [2.05, 4.69) is 11.8 Å². The van der Waals surface area contributed by atoms with Gasteiger partial charge in [-0.1, -0.05) is 26.2 Å². The van der Waals surface area contributed by atoms with Crippen molar-refractivity contribution in [1.82, 2.24) is 4.90 Å². The maximum Gasteiger partial charge on any atom is -0.00187 e. The van der Waals surface area contributed by atoms with Gasteiger partial charge in [-0.3, -0.25) is 0 Å². The number of hydrogen-bond acceptors (Lipinski definition) is 1. The van der Waals surface area contributed by atoms with Crippen LogP contribution in [-0.2, 0) is 0 Å². The summed E-state index contributed by atoms with van der Waals surface area (Å²) >= 11 is 0. The molecule has 0 N–H and O–H groups in total. The van der Waals surface area contributed by atoms with Crippen molar-refractivity contribution in [3.8, 4) is 0 Å². The molecule has 1 aliphatic rings. The molecular weight excluding hydrogens is 134 g/mol. The van der Waals surface area contributed by atoms with E-state index in [1.54, 1.807) is 0 Å². The van der Waals surface area contributed by atoms with Crippen LogP contribution in [0.4, 0.5) is 0 Å². The minimum absolute atomic E-state index is 1.10. The molecule has 1 rings (SSSR count). The molecule has 0 aliphatic carbocycles. The highest BCUT2D eigenvalue weighted by atomic mass is 15.1. The van der Waals surface area contributed by atoms with E-state index in [9.17, 15) is 0 Å². The Morgan fingerprint density at radius 3 is 2.36 bits per heavy atom. The smallest absolute Gasteiger partial charge is 0.00187 e. The molecule has 0 aromatic rings. The van der Waals surface area contributed by atoms with Crippen LogP contribution in [0.2, 0.25) is 0 Å². The van der Waals surface area contributed by atoms with E-state index >= 15 is 0 Å². The third kappa shape index (κ3) is 3.76. The molecule has 1 aliphatic heterocycles. The first-order valence-electron chi connectivity index (χ1n) is 4.95. The Labute approximate surface area is 70.8 Å². The number of hydrogen-bond donors (Lipinski definition) is 0. The number of likely N-dealkylation sites (tertiary alicyclic amines) is 1. The van der Waals surface area contributed by atoms with Crippen LogP contribution in [0.1, 0.15) is 38.5 Å². The van der Waals surface area contributed by atoms with Gasteiger partial charge in [0.15, 0.2) is 0 Å². The summed E-state index contributed by atoms with van der Waals surface area (Å²) in [5.41, 5.74) is 0. The van der Waals surface area contributed by atoms with Crippen LogP contribution in [0.25, 0.3) is 0 Å². The Morgan fingerprint density at radius 2 is 1.73 bits per heavy atom. The second-order valence-corrected chi connectivity index (χ2v) is 3.46. The van der Waals surface area contributed by atoms with Crippen LogP contribution in [0.15, 0.2) is 0 Å². The Morgan fingerprint density at radius 1 is 1.00 bits per heavy atom. The van der Waals surface area contributed by atoms with Gasteiger partial charge in [0.05, 0.1) is 0 Å². The lowest BCUT2D eigenvalue weighted by molar-refractivity contribution is 0.225. The molecular formula is C10H20N. The van der Waals surface area contributed by atoms with Crippen LogP contribution in [0, 0.1) is 6.92 Å². The second kappa shape index (κ2) is 5.59. The van der Waals surface area contributed by atoms with Crippen LogP contribution >= 0.6 is 0 Å². The normalized spacial score (nSPS) is 20.5. The summed E-state index contributed by atoms with van der Waals surface area (Å²) in [5.74, 6) is 0. The maximum atomic E-state index is 3.85. The van der Waals surface area contributed by atoms with E-state index in [1.807, 2.05) is 0 Å². The molecule has 0 aromatic carbocycles. The molecule has 1 heteroatoms. The fourth-order valence-electron chi connectivity index (χ4n) is 1.70. The van der Waals surface area contributed by atoms with E-state index in [-0.39, 0.29) is 0 Å². The van der Waals surface area contributed by atoms with Crippen molar-refractivity contribution in [3.05, 3.63) is 6.92 Å². The monoisotopic (exact) mass is 154 g/mol. The second-order valence-electron chi connectivity index (χ2n) is 3.46. The topological polar surface area (TPSA) is 3.24 Å². The Hall–Kier alpha value is -0.0400. The number of unbranched alkanes of at least 4 members (excludes halogenated alkanes) is 2. The third-order valence-corrected chi connectivity index (χ3v) is 2.42. The molecule has 1 nitrogen and oxygen atoms in total. The van der Waals surface area contributed by atoms with E-state index in [0.717, 1.165) is 6.42 Å². The predicted octanol–water partition coefficient (Wildman–Crippen LogP) is 2.48. The molecule has 65 valence electrons. The molecule has 0 unspecified atom stereocenters. The molecule has 1 fully saturated rings. The Kier molecular flexibility index (Phi) is 4.60. The van der Waals surface area contributed by atoms with Gasteiger partial charge in [0.25, 0.3) is 0 Å². The summed E-state index contributed by atoms with van der Waals surface area (Å²) in [5, 5.41) is 0. The zero-order valence-electron chi connectivity index (χ0n) is 7.52. The summed E-state index contributed by atoms with van der Waals surface area (Å²) in [4.78, 5) is 2.60. The van der Waals surface area contributed by atoms with Gasteiger partial charge < -0.3 is 4.90 Å². The van der Waals surface area contributed by atoms with Gasteiger partial charge in [0, 0.05) is 0 Å². The van der Waals surface area contributed by atoms with Gasteiger partial charge in [-0.15, -0.1) is 0 Å². The van der Waals surface area contributed by atoms with Crippen molar-refractivity contribution in [1.29, 1.82) is 0 Å². The molecule has 1 saturated heterocycles. The zero-order chi connectivity index (χ0) is 7.94. The quantitative estimate of drug-likeness (QED) is 0.562. The minimum Gasteiger partial charge on any atom is -0.303 e. The SMILES string of the molecule is [CH2]CCCCN1CCCCC1. The molecule has 1 heterocycles. The van der Waals surface area contributed by atoms with E-state index in [1.165, 1.54) is 51.7 Å². The Balaban J connectivity index is 1.96. The molecule has 0 bridgehead atoms. The molecule has 0 aromatic heterocycles. The van der Waals surface area contributed by atoms with Crippen molar-refractivity contribution >= 4 is 0 Å². The highest BCUT2D eigenvalue weighted by Crippen LogP contribution is 2.09. The maximum absolute atomic E-state index is 3.85. The molecule has 1 radical (unpaired) electrons. The van der Waals surface area contributed by atoms with Gasteiger partial charge in [0.1, 0.15) is 0 Å². The van der Waals surface area contributed by atoms with Crippen molar-refractivity contribution in [2.24, 2.45) is 0 Å². The first kappa shape index (κ1) is 9.05. The highest BCUT2D eigenvalue weighted by molar-refractivity contribution is 4.64. The lowest BCUT2D eigenvalue weighted by atomic mass is 10.1. The molecule has 0 saturated carbocycles. The largest absolute Gasteiger partial charge is 0.303 e. The Bertz CT molecular complexity index is 84.9. The number of piperidine rings is 1. The van der Waals surface area contributed by atoms with Gasteiger partial charge >= 0.3 is 0 Å². The van der Waals surface area contributed by atoms with Crippen LogP contribution in [0.5, 0.6) is 0 Å². The van der Waals surface area contributed by atoms with Crippen molar-refractivity contribution in [2.75, 3.05) is 19.6 Å². The van der Waals surface area contributed by atoms with Gasteiger partial charge in [-0.2, -0.15) is 0 Å². The van der Waals surface area contributed by atoms with Crippen LogP contribution < -0.4 is 0 Å². The third-order valence-electron chi connectivity index (χ3n) is 2.42. The first-order valence-corrected chi connectivity index (χ1v) is 4.95. The molecule has 11 heavy (non-hydrogen) atoms. The van der Waals surface area contributed by atoms with Crippen molar-refractivity contribution in [2.45, 2.75) is 38.5 Å². The average Bonchev–Trinajstić information content (AvgIpc) is 2.07. The van der Waals surface area contributed by atoms with E-state index in [4.69, 9.17) is 0 Å². The predicted molar refractivity (Wildman–Crippen MR) is 49.5 cm³/mol. The van der Waals surface area contributed by atoms with Crippen LogP contribution in [-0.4, -0.2) is 24.5 Å². The zero-order valence-corrected chi connectivity index (χ0v) is 7.52. The molecule has 0 amide bonds. The standard InChI is InChI=1S/C10H20N/c1-2-3-5-8-11-9-6-4-7-10-11/h1-10H2. The van der Waals surface area contributed by atoms with Gasteiger partial charge in [-0.25, -0.2) is 0 Å². The van der Waals surface area contributed by atoms with Crippen LogP contribution in [0.3, 0.4) is 0 Å². The van der Waals surface area contributed by atoms with Gasteiger partial charge in [-0.05, 0) is 38.9 Å². The first-order chi connectivity index (χ1) is 5.43. The molecule has 0 atom stereocenters. The van der Waals surface area contributed by atoms with Crippen molar-refractivity contribution in [3.63, 3.8) is 0 Å². The lowest BCUT2D eigenvalue weighted by Gasteiger charge is -2.26. The summed E-state index contributed by atoms with van der Waals surface area (Å²) < 4.78 is 0. The fourth-order valence-corrected chi connectivity index (χ4v) is 1.70. The van der Waals surface area contributed by atoms with E-state index < -0.39 is 0 Å². The average molecular weight is 154 g/mol. The number of rotatable bonds is 4. The fraction of sp³-hybridized carbons (Fsp3) is 0.900. The summed E-state index contributed by atoms with van der Waals surface area (Å²) in [6.45, 7) is 7.85. The minimum atomic E-state index is 1.10. The number of nitrogens with zero attached hydrogens (tertiary/aromatic N) is 1. The summed E-state index contributed by atoms with van der Waals surface area (Å²) in [7, 11) is 0. The summed E-state index contributed by atoms with van der Waals surface area (Å²) in [6.07, 6.45) is 8.05. The van der Waals surface area contributed by atoms with Gasteiger partial charge in [0.2, 0.25) is 0 Å². The molecule has 0 spiro atoms. The van der Waals surface area contributed by atoms with Crippen molar-refractivity contribution < 1.29 is 0 Å². The lowest BCUT2D eigenvalue weighted by Crippen LogP contribution is -2.30. The highest BCUT2D eigenvalue weighted by Gasteiger charge is 2.08.